The maximum absolute atomic E-state index is 4.28. The Hall–Kier alpha value is -0.916. The Bertz CT molecular complexity index is 341. The van der Waals surface area contributed by atoms with Crippen molar-refractivity contribution in [3.05, 3.63) is 60.7 Å². The summed E-state index contributed by atoms with van der Waals surface area (Å²) in [5.41, 5.74) is 1.04. The van der Waals surface area contributed by atoms with Crippen LogP contribution in [0.3, 0.4) is 0 Å². The molecule has 1 aromatic rings. The number of pyridine rings is 1. The van der Waals surface area contributed by atoms with E-state index in [0.717, 1.165) is 5.59 Å². The van der Waals surface area contributed by atoms with Gasteiger partial charge in [0, 0.05) is 26.3 Å². The first-order chi connectivity index (χ1) is 6.47. The van der Waals surface area contributed by atoms with E-state index in [1.165, 1.54) is 0 Å². The molecule has 1 aliphatic rings. The first-order valence-corrected chi connectivity index (χ1v) is 4.30. The molecule has 0 fully saturated rings. The molecule has 71 valence electrons. The minimum atomic E-state index is 0. The van der Waals surface area contributed by atoms with Crippen LogP contribution in [0.1, 0.15) is 0 Å². The molecule has 1 aliphatic heterocycles. The summed E-state index contributed by atoms with van der Waals surface area (Å²) >= 11 is 0. The average Bonchev–Trinajstić information content (AvgIpc) is 2.47. The maximum Gasteiger partial charge on any atom is 0.146 e. The van der Waals surface area contributed by atoms with Gasteiger partial charge in [0.25, 0.3) is 0 Å². The van der Waals surface area contributed by atoms with Gasteiger partial charge in [-0.1, -0.05) is 18.2 Å². The van der Waals surface area contributed by atoms with E-state index in [1.807, 2.05) is 48.7 Å². The van der Waals surface area contributed by atoms with Crippen LogP contribution < -0.4 is 5.59 Å². The SMILES string of the molecule is [C-]1=CC=CC=CB1c1ccccn1.[Ir]. The summed E-state index contributed by atoms with van der Waals surface area (Å²) in [6.07, 6.45) is 9.73. The standard InChI is InChI=1S/C11H9BN.Ir/c1-2-5-9-12(8-4-1)11-7-3-6-10-13-11;/h1-8,10H;/q-1;. The van der Waals surface area contributed by atoms with Gasteiger partial charge in [0.1, 0.15) is 6.71 Å². The van der Waals surface area contributed by atoms with Crippen LogP contribution in [0.15, 0.2) is 54.7 Å². The molecule has 0 atom stereocenters. The van der Waals surface area contributed by atoms with Crippen molar-refractivity contribution in [2.75, 3.05) is 0 Å². The number of rotatable bonds is 1. The molecule has 2 rings (SSSR count). The average molecular weight is 358 g/mol. The fraction of sp³-hybridized carbons (Fsp3) is 0. The van der Waals surface area contributed by atoms with Crippen LogP contribution in [0.5, 0.6) is 0 Å². The Morgan fingerprint density at radius 3 is 2.86 bits per heavy atom. The molecule has 1 nitrogen and oxygen atoms in total. The third-order valence-corrected chi connectivity index (χ3v) is 1.90. The number of hydrogen-bond donors (Lipinski definition) is 0. The van der Waals surface area contributed by atoms with Crippen molar-refractivity contribution in [2.24, 2.45) is 0 Å². The first kappa shape index (κ1) is 11.2. The Morgan fingerprint density at radius 1 is 1.14 bits per heavy atom. The van der Waals surface area contributed by atoms with Crippen molar-refractivity contribution in [3.8, 4) is 0 Å². The van der Waals surface area contributed by atoms with Gasteiger partial charge < -0.3 is 0 Å². The van der Waals surface area contributed by atoms with Crippen LogP contribution in [-0.2, 0) is 20.1 Å². The second-order valence-electron chi connectivity index (χ2n) is 2.84. The molecule has 0 aliphatic carbocycles. The summed E-state index contributed by atoms with van der Waals surface area (Å²) in [4.78, 5) is 4.28. The van der Waals surface area contributed by atoms with E-state index in [9.17, 15) is 0 Å². The van der Waals surface area contributed by atoms with E-state index in [2.05, 4.69) is 16.9 Å². The van der Waals surface area contributed by atoms with Gasteiger partial charge in [-0.25, -0.2) is 12.2 Å². The first-order valence-electron chi connectivity index (χ1n) is 4.30. The van der Waals surface area contributed by atoms with Gasteiger partial charge in [0.15, 0.2) is 0 Å². The molecule has 2 heterocycles. The van der Waals surface area contributed by atoms with Crippen LogP contribution in [-0.4, -0.2) is 11.7 Å². The van der Waals surface area contributed by atoms with E-state index in [-0.39, 0.29) is 26.8 Å². The van der Waals surface area contributed by atoms with Crippen molar-refractivity contribution in [3.63, 3.8) is 0 Å². The van der Waals surface area contributed by atoms with Crippen LogP contribution in [0.2, 0.25) is 0 Å². The van der Waals surface area contributed by atoms with E-state index in [0.29, 0.717) is 0 Å². The van der Waals surface area contributed by atoms with E-state index in [4.69, 9.17) is 0 Å². The summed E-state index contributed by atoms with van der Waals surface area (Å²) in [7, 11) is 0. The zero-order valence-electron chi connectivity index (χ0n) is 7.55. The number of nitrogens with zero attached hydrogens (tertiary/aromatic N) is 1. The molecule has 1 aromatic heterocycles. The normalized spacial score (nSPS) is 13.6. The molecule has 0 amide bonds. The van der Waals surface area contributed by atoms with E-state index in [1.54, 1.807) is 0 Å². The minimum Gasteiger partial charge on any atom is -0.292 e. The third kappa shape index (κ3) is 2.79. The number of hydrogen-bond acceptors (Lipinski definition) is 1. The van der Waals surface area contributed by atoms with Crippen LogP contribution in [0.4, 0.5) is 0 Å². The molecule has 0 aromatic carbocycles. The van der Waals surface area contributed by atoms with Gasteiger partial charge in [-0.15, -0.1) is 12.1 Å². The Labute approximate surface area is 98.1 Å². The Morgan fingerprint density at radius 2 is 2.07 bits per heavy atom. The monoisotopic (exact) mass is 359 g/mol. The fourth-order valence-corrected chi connectivity index (χ4v) is 1.25. The second-order valence-corrected chi connectivity index (χ2v) is 2.84. The molecule has 0 saturated carbocycles. The summed E-state index contributed by atoms with van der Waals surface area (Å²) in [5, 5.41) is 0. The molecule has 0 bridgehead atoms. The summed E-state index contributed by atoms with van der Waals surface area (Å²) < 4.78 is 0. The number of allylic oxidation sites excluding steroid dienone is 4. The van der Waals surface area contributed by atoms with Crippen LogP contribution in [0, 0.1) is 5.98 Å². The summed E-state index contributed by atoms with van der Waals surface area (Å²) in [5.74, 6) is 5.32. The quantitative estimate of drug-likeness (QED) is 0.546. The van der Waals surface area contributed by atoms with Crippen LogP contribution in [0.25, 0.3) is 0 Å². The van der Waals surface area contributed by atoms with Crippen molar-refractivity contribution in [1.82, 2.24) is 4.98 Å². The van der Waals surface area contributed by atoms with Crippen molar-refractivity contribution in [2.45, 2.75) is 0 Å². The van der Waals surface area contributed by atoms with Crippen molar-refractivity contribution in [1.29, 1.82) is 0 Å². The van der Waals surface area contributed by atoms with Gasteiger partial charge in [-0.2, -0.15) is 0 Å². The van der Waals surface area contributed by atoms with Crippen molar-refractivity contribution >= 4 is 12.3 Å². The van der Waals surface area contributed by atoms with Crippen molar-refractivity contribution < 1.29 is 20.1 Å². The van der Waals surface area contributed by atoms with E-state index >= 15 is 0 Å². The third-order valence-electron chi connectivity index (χ3n) is 1.90. The molecule has 14 heavy (non-hydrogen) atoms. The molecular weight excluding hydrogens is 349 g/mol. The molecular formula is C11H9BIrN-. The maximum atomic E-state index is 4.28. The Balaban J connectivity index is 0.000000980. The summed E-state index contributed by atoms with van der Waals surface area (Å²) in [6, 6.07) is 5.93. The van der Waals surface area contributed by atoms with Gasteiger partial charge >= 0.3 is 0 Å². The topological polar surface area (TPSA) is 12.9 Å². The van der Waals surface area contributed by atoms with Gasteiger partial charge in [0.2, 0.25) is 0 Å². The minimum absolute atomic E-state index is 0. The second kappa shape index (κ2) is 5.74. The molecule has 3 heteroatoms. The molecule has 1 radical (unpaired) electrons. The van der Waals surface area contributed by atoms with Crippen LogP contribution >= 0.6 is 0 Å². The number of aromatic nitrogens is 1. The fourth-order valence-electron chi connectivity index (χ4n) is 1.25. The van der Waals surface area contributed by atoms with Gasteiger partial charge in [0.05, 0.1) is 0 Å². The molecule has 0 saturated heterocycles. The Kier molecular flexibility index (Phi) is 4.58. The zero-order valence-corrected chi connectivity index (χ0v) is 9.95. The predicted octanol–water partition coefficient (Wildman–Crippen LogP) is 1.34. The van der Waals surface area contributed by atoms with Gasteiger partial charge in [-0.3, -0.25) is 11.0 Å². The summed E-state index contributed by atoms with van der Waals surface area (Å²) in [6.45, 7) is 0.191. The molecule has 0 spiro atoms. The largest absolute Gasteiger partial charge is 0.292 e. The zero-order chi connectivity index (χ0) is 8.93. The molecule has 0 unspecified atom stereocenters. The van der Waals surface area contributed by atoms with Gasteiger partial charge in [-0.05, 0) is 11.7 Å². The molecule has 0 N–H and O–H groups in total. The smallest absolute Gasteiger partial charge is 0.146 e. The predicted molar refractivity (Wildman–Crippen MR) is 55.7 cm³/mol. The van der Waals surface area contributed by atoms with E-state index < -0.39 is 0 Å².